The predicted octanol–water partition coefficient (Wildman–Crippen LogP) is 3.62. The molecule has 1 aliphatic rings. The highest BCUT2D eigenvalue weighted by Gasteiger charge is 2.22. The molecule has 0 bridgehead atoms. The van der Waals surface area contributed by atoms with E-state index in [1.54, 1.807) is 0 Å². The summed E-state index contributed by atoms with van der Waals surface area (Å²) in [6.45, 7) is 11.6. The summed E-state index contributed by atoms with van der Waals surface area (Å²) in [6, 6.07) is 9.34. The summed E-state index contributed by atoms with van der Waals surface area (Å²) in [5.74, 6) is 0.740. The van der Waals surface area contributed by atoms with E-state index in [2.05, 4.69) is 70.8 Å². The molecule has 0 saturated carbocycles. The van der Waals surface area contributed by atoms with Gasteiger partial charge in [-0.1, -0.05) is 29.8 Å². The third-order valence-corrected chi connectivity index (χ3v) is 4.58. The van der Waals surface area contributed by atoms with Gasteiger partial charge in [0.05, 0.1) is 0 Å². The Morgan fingerprint density at radius 3 is 2.00 bits per heavy atom. The number of hydrogen-bond donors (Lipinski definition) is 0. The number of benzene rings is 1. The molecular weight excluding hydrogens is 288 g/mol. The van der Waals surface area contributed by atoms with Gasteiger partial charge in [-0.05, 0) is 37.1 Å². The van der Waals surface area contributed by atoms with Crippen LogP contribution in [0.5, 0.6) is 0 Å². The Labute approximate surface area is 119 Å². The smallest absolute Gasteiger partial charge is 0.0367 e. The summed E-state index contributed by atoms with van der Waals surface area (Å²) >= 11 is 3.49. The van der Waals surface area contributed by atoms with Crippen LogP contribution in [-0.4, -0.2) is 37.1 Å². The molecule has 1 atom stereocenters. The number of hydrogen-bond acceptors (Lipinski definition) is 2. The Balaban J connectivity index is 1.92. The molecule has 2 nitrogen and oxygen atoms in total. The largest absolute Gasteiger partial charge is 0.369 e. The molecule has 0 aliphatic carbocycles. The SMILES string of the molecule is CC(C)[C@H](C)N1CCN(c2ccc(Br)cc2)CC1. The Morgan fingerprint density at radius 1 is 0.944 bits per heavy atom. The van der Waals surface area contributed by atoms with Gasteiger partial charge in [0.25, 0.3) is 0 Å². The van der Waals surface area contributed by atoms with Gasteiger partial charge in [-0.25, -0.2) is 0 Å². The summed E-state index contributed by atoms with van der Waals surface area (Å²) in [5, 5.41) is 0. The average molecular weight is 311 g/mol. The van der Waals surface area contributed by atoms with E-state index in [9.17, 15) is 0 Å². The standard InChI is InChI=1S/C15H23BrN2/c1-12(2)13(3)17-8-10-18(11-9-17)15-6-4-14(16)5-7-15/h4-7,12-13H,8-11H2,1-3H3/t13-/m0/s1. The van der Waals surface area contributed by atoms with E-state index in [0.717, 1.165) is 23.5 Å². The number of anilines is 1. The van der Waals surface area contributed by atoms with Gasteiger partial charge in [0.1, 0.15) is 0 Å². The lowest BCUT2D eigenvalue weighted by molar-refractivity contribution is 0.159. The third kappa shape index (κ3) is 3.27. The van der Waals surface area contributed by atoms with Crippen molar-refractivity contribution in [2.75, 3.05) is 31.1 Å². The van der Waals surface area contributed by atoms with Gasteiger partial charge in [-0.2, -0.15) is 0 Å². The molecular formula is C15H23BrN2. The monoisotopic (exact) mass is 310 g/mol. The van der Waals surface area contributed by atoms with Crippen molar-refractivity contribution in [1.82, 2.24) is 4.90 Å². The molecule has 18 heavy (non-hydrogen) atoms. The van der Waals surface area contributed by atoms with Crippen LogP contribution in [0.15, 0.2) is 28.7 Å². The van der Waals surface area contributed by atoms with Crippen LogP contribution in [0, 0.1) is 5.92 Å². The molecule has 0 radical (unpaired) electrons. The van der Waals surface area contributed by atoms with E-state index >= 15 is 0 Å². The number of piperazine rings is 1. The molecule has 100 valence electrons. The fourth-order valence-corrected chi connectivity index (χ4v) is 2.73. The Kier molecular flexibility index (Phi) is 4.68. The Hall–Kier alpha value is -0.540. The summed E-state index contributed by atoms with van der Waals surface area (Å²) in [4.78, 5) is 5.09. The maximum atomic E-state index is 3.49. The van der Waals surface area contributed by atoms with Gasteiger partial charge in [-0.3, -0.25) is 4.90 Å². The molecule has 0 unspecified atom stereocenters. The first-order valence-corrected chi connectivity index (χ1v) is 7.62. The van der Waals surface area contributed by atoms with Gasteiger partial charge in [0.15, 0.2) is 0 Å². The van der Waals surface area contributed by atoms with E-state index in [-0.39, 0.29) is 0 Å². The zero-order valence-corrected chi connectivity index (χ0v) is 13.2. The van der Waals surface area contributed by atoms with E-state index in [1.807, 2.05) is 0 Å². The number of nitrogens with zero attached hydrogens (tertiary/aromatic N) is 2. The van der Waals surface area contributed by atoms with Crippen LogP contribution >= 0.6 is 15.9 Å². The van der Waals surface area contributed by atoms with Crippen molar-refractivity contribution in [2.24, 2.45) is 5.92 Å². The van der Waals surface area contributed by atoms with Crippen molar-refractivity contribution >= 4 is 21.6 Å². The highest BCUT2D eigenvalue weighted by Crippen LogP contribution is 2.21. The van der Waals surface area contributed by atoms with Crippen LogP contribution in [0.25, 0.3) is 0 Å². The number of halogens is 1. The molecule has 0 aromatic heterocycles. The molecule has 1 aromatic rings. The first-order chi connectivity index (χ1) is 8.58. The molecule has 2 rings (SSSR count). The summed E-state index contributed by atoms with van der Waals surface area (Å²) in [7, 11) is 0. The van der Waals surface area contributed by atoms with Crippen molar-refractivity contribution in [3.8, 4) is 0 Å². The molecule has 0 amide bonds. The second-order valence-electron chi connectivity index (χ2n) is 5.48. The molecule has 1 saturated heterocycles. The first-order valence-electron chi connectivity index (χ1n) is 6.82. The second-order valence-corrected chi connectivity index (χ2v) is 6.40. The zero-order chi connectivity index (χ0) is 13.1. The minimum absolute atomic E-state index is 0.692. The first kappa shape index (κ1) is 13.9. The number of rotatable bonds is 3. The lowest BCUT2D eigenvalue weighted by Gasteiger charge is -2.40. The topological polar surface area (TPSA) is 6.48 Å². The lowest BCUT2D eigenvalue weighted by atomic mass is 10.0. The minimum atomic E-state index is 0.692. The van der Waals surface area contributed by atoms with Crippen LogP contribution < -0.4 is 4.90 Å². The van der Waals surface area contributed by atoms with Crippen molar-refractivity contribution in [3.05, 3.63) is 28.7 Å². The van der Waals surface area contributed by atoms with Crippen molar-refractivity contribution in [3.63, 3.8) is 0 Å². The normalized spacial score (nSPS) is 19.3. The highest BCUT2D eigenvalue weighted by molar-refractivity contribution is 9.10. The molecule has 3 heteroatoms. The van der Waals surface area contributed by atoms with Crippen LogP contribution in [-0.2, 0) is 0 Å². The molecule has 1 fully saturated rings. The molecule has 0 spiro atoms. The lowest BCUT2D eigenvalue weighted by Crippen LogP contribution is -2.50. The maximum absolute atomic E-state index is 3.49. The van der Waals surface area contributed by atoms with Crippen LogP contribution in [0.4, 0.5) is 5.69 Å². The predicted molar refractivity (Wildman–Crippen MR) is 82.2 cm³/mol. The Bertz CT molecular complexity index is 367. The third-order valence-electron chi connectivity index (χ3n) is 4.05. The fraction of sp³-hybridized carbons (Fsp3) is 0.600. The summed E-state index contributed by atoms with van der Waals surface area (Å²) < 4.78 is 1.15. The fourth-order valence-electron chi connectivity index (χ4n) is 2.46. The molecule has 1 aromatic carbocycles. The van der Waals surface area contributed by atoms with Gasteiger partial charge >= 0.3 is 0 Å². The molecule has 0 N–H and O–H groups in total. The quantitative estimate of drug-likeness (QED) is 0.841. The molecule has 1 aliphatic heterocycles. The van der Waals surface area contributed by atoms with Gasteiger partial charge in [0.2, 0.25) is 0 Å². The van der Waals surface area contributed by atoms with Crippen molar-refractivity contribution in [1.29, 1.82) is 0 Å². The highest BCUT2D eigenvalue weighted by atomic mass is 79.9. The van der Waals surface area contributed by atoms with E-state index in [1.165, 1.54) is 18.8 Å². The zero-order valence-electron chi connectivity index (χ0n) is 11.6. The van der Waals surface area contributed by atoms with Crippen LogP contribution in [0.3, 0.4) is 0 Å². The minimum Gasteiger partial charge on any atom is -0.369 e. The second kappa shape index (κ2) is 6.07. The summed E-state index contributed by atoms with van der Waals surface area (Å²) in [6.07, 6.45) is 0. The van der Waals surface area contributed by atoms with Crippen LogP contribution in [0.1, 0.15) is 20.8 Å². The van der Waals surface area contributed by atoms with E-state index in [0.29, 0.717) is 6.04 Å². The summed E-state index contributed by atoms with van der Waals surface area (Å²) in [5.41, 5.74) is 1.34. The van der Waals surface area contributed by atoms with Gasteiger partial charge in [-0.15, -0.1) is 0 Å². The van der Waals surface area contributed by atoms with Crippen LogP contribution in [0.2, 0.25) is 0 Å². The molecule has 1 heterocycles. The Morgan fingerprint density at radius 2 is 1.50 bits per heavy atom. The maximum Gasteiger partial charge on any atom is 0.0367 e. The average Bonchev–Trinajstić information content (AvgIpc) is 2.39. The van der Waals surface area contributed by atoms with Gasteiger partial charge < -0.3 is 4.90 Å². The van der Waals surface area contributed by atoms with E-state index in [4.69, 9.17) is 0 Å². The van der Waals surface area contributed by atoms with Crippen molar-refractivity contribution < 1.29 is 0 Å². The van der Waals surface area contributed by atoms with Gasteiger partial charge in [0, 0.05) is 42.4 Å². The van der Waals surface area contributed by atoms with E-state index < -0.39 is 0 Å². The van der Waals surface area contributed by atoms with Crippen molar-refractivity contribution in [2.45, 2.75) is 26.8 Å².